The lowest BCUT2D eigenvalue weighted by atomic mass is 9.93. The summed E-state index contributed by atoms with van der Waals surface area (Å²) in [6, 6.07) is 11.4. The van der Waals surface area contributed by atoms with Crippen molar-refractivity contribution in [3.63, 3.8) is 0 Å². The summed E-state index contributed by atoms with van der Waals surface area (Å²) in [7, 11) is 0. The molecule has 0 aliphatic carbocycles. The summed E-state index contributed by atoms with van der Waals surface area (Å²) in [4.78, 5) is 57.0. The molecule has 1 atom stereocenters. The number of nitrogens with one attached hydrogen (secondary N) is 3. The van der Waals surface area contributed by atoms with E-state index in [4.69, 9.17) is 9.26 Å². The standard InChI is InChI=1S/C35H44F2N6O6/c1-35(2,3)48-34(47)39-17-8-7-11-28(40-32(45)25-12-13-26(36)27(37)22-25)30(44)31-41-29(49-42-31)21-24-15-19-43(20-16-24)33(46)38-18-14-23-9-5-4-6-10-23/h4-6,9-10,12-13,22,24,28H,7-8,11,14-21H2,1-3H3,(H,38,46)(H,39,47)(H,40,45). The first-order valence-electron chi connectivity index (χ1n) is 16.5. The minimum atomic E-state index is -1.19. The third kappa shape index (κ3) is 11.9. The van der Waals surface area contributed by atoms with Crippen molar-refractivity contribution in [3.05, 3.63) is 83.0 Å². The molecule has 0 saturated carbocycles. The van der Waals surface area contributed by atoms with Gasteiger partial charge in [-0.15, -0.1) is 0 Å². The second kappa shape index (κ2) is 17.5. The Morgan fingerprint density at radius 1 is 0.980 bits per heavy atom. The van der Waals surface area contributed by atoms with Gasteiger partial charge in [0.25, 0.3) is 5.91 Å². The number of unbranched alkanes of at least 4 members (excludes halogenated alkanes) is 1. The minimum absolute atomic E-state index is 0.0999. The summed E-state index contributed by atoms with van der Waals surface area (Å²) in [6.07, 6.45) is 3.08. The fourth-order valence-electron chi connectivity index (χ4n) is 5.38. The molecule has 1 aliphatic heterocycles. The van der Waals surface area contributed by atoms with Crippen molar-refractivity contribution in [1.29, 1.82) is 0 Å². The van der Waals surface area contributed by atoms with Gasteiger partial charge in [0.15, 0.2) is 11.6 Å². The number of carbonyl (C=O) groups is 4. The highest BCUT2D eigenvalue weighted by molar-refractivity contribution is 6.02. The monoisotopic (exact) mass is 682 g/mol. The van der Waals surface area contributed by atoms with Crippen molar-refractivity contribution in [1.82, 2.24) is 31.0 Å². The molecule has 1 aromatic heterocycles. The normalized spacial score (nSPS) is 14.2. The van der Waals surface area contributed by atoms with E-state index in [1.54, 1.807) is 25.7 Å². The van der Waals surface area contributed by atoms with Crippen molar-refractivity contribution < 1.29 is 37.2 Å². The molecule has 14 heteroatoms. The first kappa shape index (κ1) is 36.9. The Labute approximate surface area is 284 Å². The van der Waals surface area contributed by atoms with E-state index < -0.39 is 41.1 Å². The molecule has 12 nitrogen and oxygen atoms in total. The average Bonchev–Trinajstić information content (AvgIpc) is 3.53. The van der Waals surface area contributed by atoms with Gasteiger partial charge in [0.2, 0.25) is 17.5 Å². The van der Waals surface area contributed by atoms with Crippen LogP contribution in [0.15, 0.2) is 53.1 Å². The van der Waals surface area contributed by atoms with Crippen LogP contribution in [0.1, 0.15) is 85.3 Å². The Morgan fingerprint density at radius 3 is 2.41 bits per heavy atom. The molecule has 2 heterocycles. The van der Waals surface area contributed by atoms with Crippen LogP contribution in [-0.2, 0) is 17.6 Å². The fourth-order valence-corrected chi connectivity index (χ4v) is 5.38. The highest BCUT2D eigenvalue weighted by Gasteiger charge is 2.29. The van der Waals surface area contributed by atoms with Crippen molar-refractivity contribution in [2.24, 2.45) is 5.92 Å². The molecule has 0 bridgehead atoms. The van der Waals surface area contributed by atoms with Gasteiger partial charge in [0.1, 0.15) is 5.60 Å². The van der Waals surface area contributed by atoms with Crippen LogP contribution in [0.25, 0.3) is 0 Å². The lowest BCUT2D eigenvalue weighted by Crippen LogP contribution is -2.45. The smallest absolute Gasteiger partial charge is 0.407 e. The number of ether oxygens (including phenoxy) is 1. The molecule has 1 aliphatic rings. The number of aromatic nitrogens is 2. The molecule has 4 rings (SSSR count). The van der Waals surface area contributed by atoms with Crippen LogP contribution in [0, 0.1) is 17.6 Å². The number of likely N-dealkylation sites (tertiary alicyclic amines) is 1. The number of piperidine rings is 1. The van der Waals surface area contributed by atoms with Gasteiger partial charge >= 0.3 is 12.1 Å². The zero-order valence-corrected chi connectivity index (χ0v) is 28.1. The summed E-state index contributed by atoms with van der Waals surface area (Å²) in [5.74, 6) is -3.46. The molecule has 4 amide bonds. The molecule has 0 spiro atoms. The van der Waals surface area contributed by atoms with E-state index in [-0.39, 0.29) is 42.2 Å². The lowest BCUT2D eigenvalue weighted by Gasteiger charge is -2.31. The molecule has 0 radical (unpaired) electrons. The van der Waals surface area contributed by atoms with Gasteiger partial charge in [-0.05, 0) is 89.0 Å². The third-order valence-corrected chi connectivity index (χ3v) is 7.98. The zero-order chi connectivity index (χ0) is 35.4. The quantitative estimate of drug-likeness (QED) is 0.154. The topological polar surface area (TPSA) is 156 Å². The van der Waals surface area contributed by atoms with Crippen LogP contribution in [-0.4, -0.2) is 76.7 Å². The predicted molar refractivity (Wildman–Crippen MR) is 176 cm³/mol. The number of alkyl carbamates (subject to hydrolysis) is 1. The van der Waals surface area contributed by atoms with Gasteiger partial charge in [-0.25, -0.2) is 18.4 Å². The Kier molecular flexibility index (Phi) is 13.2. The third-order valence-electron chi connectivity index (χ3n) is 7.98. The van der Waals surface area contributed by atoms with E-state index in [0.29, 0.717) is 38.9 Å². The van der Waals surface area contributed by atoms with Gasteiger partial charge in [0.05, 0.1) is 6.04 Å². The van der Waals surface area contributed by atoms with Crippen LogP contribution in [0.4, 0.5) is 18.4 Å². The maximum atomic E-state index is 13.8. The Hall–Kier alpha value is -4.88. The van der Waals surface area contributed by atoms with E-state index in [0.717, 1.165) is 43.0 Å². The van der Waals surface area contributed by atoms with Crippen LogP contribution in [0.2, 0.25) is 0 Å². The summed E-state index contributed by atoms with van der Waals surface area (Å²) in [5, 5.41) is 12.1. The van der Waals surface area contributed by atoms with Gasteiger partial charge in [-0.3, -0.25) is 9.59 Å². The highest BCUT2D eigenvalue weighted by Crippen LogP contribution is 2.22. The second-order valence-corrected chi connectivity index (χ2v) is 13.1. The van der Waals surface area contributed by atoms with E-state index in [2.05, 4.69) is 26.1 Å². The summed E-state index contributed by atoms with van der Waals surface area (Å²) in [6.45, 7) is 7.22. The van der Waals surface area contributed by atoms with Crippen LogP contribution in [0.5, 0.6) is 0 Å². The molecule has 49 heavy (non-hydrogen) atoms. The molecule has 1 unspecified atom stereocenters. The molecule has 1 fully saturated rings. The SMILES string of the molecule is CC(C)(C)OC(=O)NCCCCC(NC(=O)c1ccc(F)c(F)c1)C(=O)c1noc(CC2CCN(C(=O)NCCc3ccccc3)CC2)n1. The maximum absolute atomic E-state index is 13.8. The van der Waals surface area contributed by atoms with Gasteiger partial charge in [-0.2, -0.15) is 4.98 Å². The molecular weight excluding hydrogens is 638 g/mol. The van der Waals surface area contributed by atoms with Crippen LogP contribution >= 0.6 is 0 Å². The number of amides is 4. The first-order chi connectivity index (χ1) is 23.4. The molecule has 264 valence electrons. The molecule has 3 N–H and O–H groups in total. The van der Waals surface area contributed by atoms with Crippen molar-refractivity contribution >= 4 is 23.8 Å². The Balaban J connectivity index is 1.29. The van der Waals surface area contributed by atoms with E-state index in [9.17, 15) is 28.0 Å². The average molecular weight is 683 g/mol. The van der Waals surface area contributed by atoms with Gasteiger partial charge in [0, 0.05) is 38.2 Å². The van der Waals surface area contributed by atoms with E-state index in [1.807, 2.05) is 30.3 Å². The van der Waals surface area contributed by atoms with Gasteiger partial charge in [-0.1, -0.05) is 35.5 Å². The Morgan fingerprint density at radius 2 is 1.71 bits per heavy atom. The number of benzene rings is 2. The van der Waals surface area contributed by atoms with Crippen LogP contribution < -0.4 is 16.0 Å². The van der Waals surface area contributed by atoms with Crippen molar-refractivity contribution in [2.75, 3.05) is 26.2 Å². The number of urea groups is 1. The summed E-state index contributed by atoms with van der Waals surface area (Å²) >= 11 is 0. The number of hydrogen-bond donors (Lipinski definition) is 3. The number of ketones is 1. The molecule has 3 aromatic rings. The van der Waals surface area contributed by atoms with Crippen LogP contribution in [0.3, 0.4) is 0 Å². The highest BCUT2D eigenvalue weighted by atomic mass is 19.2. The second-order valence-electron chi connectivity index (χ2n) is 13.1. The molecule has 2 aromatic carbocycles. The summed E-state index contributed by atoms with van der Waals surface area (Å²) < 4.78 is 37.8. The number of nitrogens with zero attached hydrogens (tertiary/aromatic N) is 3. The van der Waals surface area contributed by atoms with Crippen molar-refractivity contribution in [2.45, 2.75) is 77.4 Å². The van der Waals surface area contributed by atoms with E-state index in [1.165, 1.54) is 0 Å². The molecular formula is C35H44F2N6O6. The number of rotatable bonds is 14. The minimum Gasteiger partial charge on any atom is -0.444 e. The zero-order valence-electron chi connectivity index (χ0n) is 28.1. The number of carbonyl (C=O) groups excluding carboxylic acids is 4. The lowest BCUT2D eigenvalue weighted by molar-refractivity contribution is 0.0526. The number of hydrogen-bond acceptors (Lipinski definition) is 8. The molecule has 1 saturated heterocycles. The van der Waals surface area contributed by atoms with Crippen molar-refractivity contribution in [3.8, 4) is 0 Å². The first-order valence-corrected chi connectivity index (χ1v) is 16.5. The number of Topliss-reactive ketones (excluding diaryl/α,β-unsaturated/α-hetero) is 1. The Bertz CT molecular complexity index is 1570. The fraction of sp³-hybridized carbons (Fsp3) is 0.486. The van der Waals surface area contributed by atoms with E-state index >= 15 is 0 Å². The summed E-state index contributed by atoms with van der Waals surface area (Å²) in [5.41, 5.74) is 0.350. The maximum Gasteiger partial charge on any atom is 0.407 e. The largest absolute Gasteiger partial charge is 0.444 e. The number of halogens is 2. The van der Waals surface area contributed by atoms with Gasteiger partial charge < -0.3 is 30.1 Å². The predicted octanol–water partition coefficient (Wildman–Crippen LogP) is 5.23.